The van der Waals surface area contributed by atoms with E-state index in [9.17, 15) is 4.79 Å². The van der Waals surface area contributed by atoms with E-state index in [2.05, 4.69) is 5.32 Å². The van der Waals surface area contributed by atoms with E-state index in [1.165, 1.54) is 57.8 Å². The molecule has 0 spiro atoms. The van der Waals surface area contributed by atoms with Crippen molar-refractivity contribution < 1.29 is 4.79 Å². The van der Waals surface area contributed by atoms with Crippen LogP contribution in [0.25, 0.3) is 0 Å². The third kappa shape index (κ3) is 2.18. The molecule has 1 amide bonds. The molecule has 4 aliphatic rings. The van der Waals surface area contributed by atoms with Crippen LogP contribution in [-0.2, 0) is 4.79 Å². The number of carbonyl (C=O) groups is 1. The van der Waals surface area contributed by atoms with E-state index in [0.29, 0.717) is 17.9 Å². The Hall–Kier alpha value is -0.570. The zero-order chi connectivity index (χ0) is 13.7. The number of fused-ring (bicyclic) bond motifs is 2. The molecule has 0 heterocycles. The molecule has 6 atom stereocenters. The maximum absolute atomic E-state index is 12.5. The molecule has 0 aliphatic heterocycles. The van der Waals surface area contributed by atoms with E-state index in [1.54, 1.807) is 0 Å². The first-order chi connectivity index (χ1) is 9.74. The van der Waals surface area contributed by atoms with Gasteiger partial charge in [-0.2, -0.15) is 0 Å². The van der Waals surface area contributed by atoms with Crippen molar-refractivity contribution >= 4 is 5.91 Å². The molecule has 4 saturated carbocycles. The minimum Gasteiger partial charge on any atom is -0.353 e. The van der Waals surface area contributed by atoms with E-state index in [4.69, 9.17) is 5.73 Å². The summed E-state index contributed by atoms with van der Waals surface area (Å²) in [7, 11) is 0. The van der Waals surface area contributed by atoms with Gasteiger partial charge in [-0.25, -0.2) is 0 Å². The van der Waals surface area contributed by atoms with Gasteiger partial charge in [0.25, 0.3) is 0 Å². The number of hydrogen-bond acceptors (Lipinski definition) is 2. The highest BCUT2D eigenvalue weighted by Crippen LogP contribution is 2.49. The topological polar surface area (TPSA) is 55.1 Å². The van der Waals surface area contributed by atoms with Crippen LogP contribution >= 0.6 is 0 Å². The van der Waals surface area contributed by atoms with Crippen molar-refractivity contribution in [1.29, 1.82) is 0 Å². The second kappa shape index (κ2) is 5.01. The van der Waals surface area contributed by atoms with Crippen molar-refractivity contribution in [3.8, 4) is 0 Å². The van der Waals surface area contributed by atoms with Gasteiger partial charge >= 0.3 is 0 Å². The number of rotatable bonds is 3. The Morgan fingerprint density at radius 1 is 0.900 bits per heavy atom. The molecule has 0 radical (unpaired) electrons. The number of amides is 1. The molecular weight excluding hydrogens is 248 g/mol. The smallest absolute Gasteiger partial charge is 0.225 e. The molecule has 6 unspecified atom stereocenters. The number of nitrogens with two attached hydrogens (primary N) is 1. The van der Waals surface area contributed by atoms with Gasteiger partial charge in [0.15, 0.2) is 0 Å². The largest absolute Gasteiger partial charge is 0.353 e. The van der Waals surface area contributed by atoms with Crippen LogP contribution in [0.4, 0.5) is 0 Å². The summed E-state index contributed by atoms with van der Waals surface area (Å²) in [6.07, 6.45) is 11.9. The van der Waals surface area contributed by atoms with Gasteiger partial charge in [0.1, 0.15) is 0 Å². The zero-order valence-corrected chi connectivity index (χ0v) is 12.4. The number of carbonyl (C=O) groups excluding carboxylic acids is 1. The Morgan fingerprint density at radius 3 is 2.35 bits per heavy atom. The molecule has 4 rings (SSSR count). The first kappa shape index (κ1) is 13.1. The highest BCUT2D eigenvalue weighted by molar-refractivity contribution is 5.81. The minimum atomic E-state index is 0.126. The van der Waals surface area contributed by atoms with Crippen LogP contribution in [0.2, 0.25) is 0 Å². The first-order valence-corrected chi connectivity index (χ1v) is 8.80. The van der Waals surface area contributed by atoms with Gasteiger partial charge < -0.3 is 11.1 Å². The van der Waals surface area contributed by atoms with Crippen LogP contribution < -0.4 is 11.1 Å². The lowest BCUT2D eigenvalue weighted by Gasteiger charge is -2.27. The molecule has 0 aromatic carbocycles. The van der Waals surface area contributed by atoms with Crippen molar-refractivity contribution in [2.24, 2.45) is 35.3 Å². The molecule has 3 N–H and O–H groups in total. The average Bonchev–Trinajstić information content (AvgIpc) is 2.93. The maximum Gasteiger partial charge on any atom is 0.225 e. The standard InChI is InChI=1S/C17H28N2O/c18-16-12-7-6-11(8-12)15(16)17(20)19-14-9-13(14)10-4-2-1-3-5-10/h10-16H,1-9,18H2,(H,19,20). The van der Waals surface area contributed by atoms with Crippen molar-refractivity contribution in [2.75, 3.05) is 0 Å². The van der Waals surface area contributed by atoms with E-state index in [-0.39, 0.29) is 17.9 Å². The predicted molar refractivity (Wildman–Crippen MR) is 78.9 cm³/mol. The number of nitrogens with one attached hydrogen (secondary N) is 1. The summed E-state index contributed by atoms with van der Waals surface area (Å²) in [5.41, 5.74) is 6.28. The zero-order valence-electron chi connectivity index (χ0n) is 12.4. The van der Waals surface area contributed by atoms with Gasteiger partial charge in [0.2, 0.25) is 5.91 Å². The molecule has 0 aromatic rings. The van der Waals surface area contributed by atoms with Crippen molar-refractivity contribution in [2.45, 2.75) is 69.9 Å². The average molecular weight is 276 g/mol. The summed E-state index contributed by atoms with van der Waals surface area (Å²) in [6.45, 7) is 0. The van der Waals surface area contributed by atoms with Crippen molar-refractivity contribution in [1.82, 2.24) is 5.32 Å². The lowest BCUT2D eigenvalue weighted by Crippen LogP contribution is -2.46. The summed E-state index contributed by atoms with van der Waals surface area (Å²) in [5, 5.41) is 3.34. The third-order valence-electron chi connectivity index (χ3n) is 6.71. The monoisotopic (exact) mass is 276 g/mol. The van der Waals surface area contributed by atoms with E-state index in [0.717, 1.165) is 11.8 Å². The first-order valence-electron chi connectivity index (χ1n) is 8.80. The molecule has 4 aliphatic carbocycles. The maximum atomic E-state index is 12.5. The van der Waals surface area contributed by atoms with E-state index < -0.39 is 0 Å². The Morgan fingerprint density at radius 2 is 1.65 bits per heavy atom. The molecule has 112 valence electrons. The van der Waals surface area contributed by atoms with Crippen molar-refractivity contribution in [3.63, 3.8) is 0 Å². The van der Waals surface area contributed by atoms with Gasteiger partial charge in [-0.15, -0.1) is 0 Å². The number of hydrogen-bond donors (Lipinski definition) is 2. The Balaban J connectivity index is 1.31. The van der Waals surface area contributed by atoms with Crippen LogP contribution in [0.15, 0.2) is 0 Å². The van der Waals surface area contributed by atoms with Crippen molar-refractivity contribution in [3.05, 3.63) is 0 Å². The molecule has 0 aromatic heterocycles. The second-order valence-corrected chi connectivity index (χ2v) is 7.85. The lowest BCUT2D eigenvalue weighted by molar-refractivity contribution is -0.127. The van der Waals surface area contributed by atoms with E-state index in [1.807, 2.05) is 0 Å². The molecule has 20 heavy (non-hydrogen) atoms. The Kier molecular flexibility index (Phi) is 3.29. The fraction of sp³-hybridized carbons (Fsp3) is 0.941. The Bertz CT molecular complexity index is 388. The predicted octanol–water partition coefficient (Wildman–Crippen LogP) is 2.44. The van der Waals surface area contributed by atoms with Crippen LogP contribution in [0.3, 0.4) is 0 Å². The fourth-order valence-electron chi connectivity index (χ4n) is 5.47. The van der Waals surface area contributed by atoms with E-state index >= 15 is 0 Å². The highest BCUT2D eigenvalue weighted by Gasteiger charge is 2.51. The van der Waals surface area contributed by atoms with Gasteiger partial charge in [-0.05, 0) is 49.4 Å². The quantitative estimate of drug-likeness (QED) is 0.832. The molecule has 2 bridgehead atoms. The van der Waals surface area contributed by atoms with Gasteiger partial charge in [-0.3, -0.25) is 4.79 Å². The van der Waals surface area contributed by atoms with Gasteiger partial charge in [0, 0.05) is 12.1 Å². The highest BCUT2D eigenvalue weighted by atomic mass is 16.2. The van der Waals surface area contributed by atoms with Crippen LogP contribution in [0.1, 0.15) is 57.8 Å². The van der Waals surface area contributed by atoms with Gasteiger partial charge in [0.05, 0.1) is 5.92 Å². The molecule has 3 heteroatoms. The molecule has 0 saturated heterocycles. The molecule has 4 fully saturated rings. The summed E-state index contributed by atoms with van der Waals surface area (Å²) < 4.78 is 0. The van der Waals surface area contributed by atoms with Gasteiger partial charge in [-0.1, -0.05) is 32.1 Å². The molecule has 3 nitrogen and oxygen atoms in total. The SMILES string of the molecule is NC1C2CCC(C2)C1C(=O)NC1CC1C1CCCCC1. The molecular formula is C17H28N2O. The lowest BCUT2D eigenvalue weighted by atomic mass is 9.84. The van der Waals surface area contributed by atoms with Crippen LogP contribution in [0, 0.1) is 29.6 Å². The normalized spacial score (nSPS) is 47.5. The van der Waals surface area contributed by atoms with Crippen LogP contribution in [-0.4, -0.2) is 18.0 Å². The summed E-state index contributed by atoms with van der Waals surface area (Å²) >= 11 is 0. The summed E-state index contributed by atoms with van der Waals surface area (Å²) in [4.78, 5) is 12.5. The second-order valence-electron chi connectivity index (χ2n) is 7.85. The Labute approximate surface area is 122 Å². The van der Waals surface area contributed by atoms with Crippen LogP contribution in [0.5, 0.6) is 0 Å². The fourth-order valence-corrected chi connectivity index (χ4v) is 5.47. The summed E-state index contributed by atoms with van der Waals surface area (Å²) in [5.74, 6) is 3.30. The summed E-state index contributed by atoms with van der Waals surface area (Å²) in [6, 6.07) is 0.623. The third-order valence-corrected chi connectivity index (χ3v) is 6.71. The minimum absolute atomic E-state index is 0.126.